The summed E-state index contributed by atoms with van der Waals surface area (Å²) in [5, 5.41) is 9.61. The van der Waals surface area contributed by atoms with Gasteiger partial charge in [-0.3, -0.25) is 0 Å². The molecule has 3 aromatic carbocycles. The van der Waals surface area contributed by atoms with Crippen LogP contribution in [0.4, 0.5) is 0 Å². The lowest BCUT2D eigenvalue weighted by atomic mass is 9.81. The highest BCUT2D eigenvalue weighted by atomic mass is 16.5. The Bertz CT molecular complexity index is 908. The van der Waals surface area contributed by atoms with Crippen LogP contribution in [-0.2, 0) is 6.42 Å². The van der Waals surface area contributed by atoms with Gasteiger partial charge in [-0.05, 0) is 70.7 Å². The largest absolute Gasteiger partial charge is 0.508 e. The van der Waals surface area contributed by atoms with E-state index in [4.69, 9.17) is 9.47 Å². The number of hydrogen-bond donors (Lipinski definition) is 1. The van der Waals surface area contributed by atoms with Gasteiger partial charge in [-0.25, -0.2) is 0 Å². The molecule has 0 fully saturated rings. The molecular formula is C26H26O3. The number of aromatic hydroxyl groups is 1. The SMILES string of the molecule is C=C(c1ccc(OC)cc1)C(Cc1ccc(O)cc1)C(=C)c1ccc(OC)cc1. The molecule has 0 unspecified atom stereocenters. The third kappa shape index (κ3) is 4.88. The first kappa shape index (κ1) is 20.3. The Morgan fingerprint density at radius 1 is 0.724 bits per heavy atom. The van der Waals surface area contributed by atoms with Crippen LogP contribution in [0.1, 0.15) is 16.7 Å². The van der Waals surface area contributed by atoms with Crippen LogP contribution in [0.2, 0.25) is 0 Å². The standard InChI is InChI=1S/C26H26O3/c1-18(21-7-13-24(28-3)14-8-21)26(17-20-5-11-23(27)12-6-20)19(2)22-9-15-25(29-4)16-10-22/h5-16,26-27H,1-2,17H2,3-4H3. The van der Waals surface area contributed by atoms with Crippen LogP contribution in [0.15, 0.2) is 86.0 Å². The summed E-state index contributed by atoms with van der Waals surface area (Å²) in [7, 11) is 3.31. The second-order valence-electron chi connectivity index (χ2n) is 6.93. The molecule has 0 radical (unpaired) electrons. The summed E-state index contributed by atoms with van der Waals surface area (Å²) >= 11 is 0. The van der Waals surface area contributed by atoms with E-state index in [9.17, 15) is 5.11 Å². The molecular weight excluding hydrogens is 360 g/mol. The second kappa shape index (κ2) is 9.16. The van der Waals surface area contributed by atoms with E-state index >= 15 is 0 Å². The predicted molar refractivity (Wildman–Crippen MR) is 119 cm³/mol. The fourth-order valence-electron chi connectivity index (χ4n) is 3.34. The number of phenols is 1. The lowest BCUT2D eigenvalue weighted by Gasteiger charge is -2.23. The minimum atomic E-state index is 0.00123. The van der Waals surface area contributed by atoms with E-state index in [2.05, 4.69) is 13.2 Å². The molecule has 0 aliphatic heterocycles. The fourth-order valence-corrected chi connectivity index (χ4v) is 3.34. The van der Waals surface area contributed by atoms with Crippen molar-refractivity contribution < 1.29 is 14.6 Å². The van der Waals surface area contributed by atoms with Crippen molar-refractivity contribution in [3.05, 3.63) is 103 Å². The number of ether oxygens (including phenoxy) is 2. The van der Waals surface area contributed by atoms with Crippen molar-refractivity contribution >= 4 is 11.1 Å². The zero-order valence-electron chi connectivity index (χ0n) is 16.9. The highest BCUT2D eigenvalue weighted by Crippen LogP contribution is 2.36. The van der Waals surface area contributed by atoms with Gasteiger partial charge in [-0.2, -0.15) is 0 Å². The van der Waals surface area contributed by atoms with Gasteiger partial charge < -0.3 is 14.6 Å². The van der Waals surface area contributed by atoms with Gasteiger partial charge in [0.05, 0.1) is 14.2 Å². The van der Waals surface area contributed by atoms with Crippen LogP contribution >= 0.6 is 0 Å². The molecule has 0 bridgehead atoms. The Morgan fingerprint density at radius 3 is 1.52 bits per heavy atom. The molecule has 3 rings (SSSR count). The monoisotopic (exact) mass is 386 g/mol. The molecule has 0 amide bonds. The zero-order valence-corrected chi connectivity index (χ0v) is 16.9. The molecule has 3 nitrogen and oxygen atoms in total. The third-order valence-electron chi connectivity index (χ3n) is 5.14. The Hall–Kier alpha value is -3.46. The topological polar surface area (TPSA) is 38.7 Å². The Morgan fingerprint density at radius 2 is 1.14 bits per heavy atom. The highest BCUT2D eigenvalue weighted by molar-refractivity contribution is 5.81. The van der Waals surface area contributed by atoms with Crippen molar-refractivity contribution in [1.82, 2.24) is 0 Å². The molecule has 0 aliphatic rings. The van der Waals surface area contributed by atoms with Crippen LogP contribution in [0.3, 0.4) is 0 Å². The molecule has 0 aromatic heterocycles. The van der Waals surface area contributed by atoms with E-state index < -0.39 is 0 Å². The minimum absolute atomic E-state index is 0.00123. The number of benzene rings is 3. The second-order valence-corrected chi connectivity index (χ2v) is 6.93. The maximum Gasteiger partial charge on any atom is 0.118 e. The van der Waals surface area contributed by atoms with Crippen LogP contribution < -0.4 is 9.47 Å². The Labute approximate surface area is 172 Å². The lowest BCUT2D eigenvalue weighted by molar-refractivity contribution is 0.414. The quantitative estimate of drug-likeness (QED) is 0.516. The van der Waals surface area contributed by atoms with Crippen LogP contribution in [0, 0.1) is 5.92 Å². The van der Waals surface area contributed by atoms with Crippen LogP contribution in [-0.4, -0.2) is 19.3 Å². The minimum Gasteiger partial charge on any atom is -0.508 e. The van der Waals surface area contributed by atoms with Gasteiger partial charge in [-0.15, -0.1) is 0 Å². The van der Waals surface area contributed by atoms with Crippen molar-refractivity contribution in [3.8, 4) is 17.2 Å². The molecule has 0 saturated carbocycles. The van der Waals surface area contributed by atoms with E-state index in [0.717, 1.165) is 45.8 Å². The summed E-state index contributed by atoms with van der Waals surface area (Å²) in [5.74, 6) is 1.88. The zero-order chi connectivity index (χ0) is 20.8. The van der Waals surface area contributed by atoms with Gasteiger partial charge in [-0.1, -0.05) is 49.6 Å². The molecule has 0 aliphatic carbocycles. The normalized spacial score (nSPS) is 10.6. The van der Waals surface area contributed by atoms with E-state index in [1.807, 2.05) is 60.7 Å². The number of hydrogen-bond acceptors (Lipinski definition) is 3. The summed E-state index contributed by atoms with van der Waals surface area (Å²) in [4.78, 5) is 0. The molecule has 0 heterocycles. The first-order chi connectivity index (χ1) is 14.0. The van der Waals surface area contributed by atoms with E-state index in [0.29, 0.717) is 0 Å². The van der Waals surface area contributed by atoms with Gasteiger partial charge in [0.2, 0.25) is 0 Å². The first-order valence-electron chi connectivity index (χ1n) is 9.46. The van der Waals surface area contributed by atoms with Crippen molar-refractivity contribution in [1.29, 1.82) is 0 Å². The highest BCUT2D eigenvalue weighted by Gasteiger charge is 2.20. The van der Waals surface area contributed by atoms with Crippen molar-refractivity contribution in [2.45, 2.75) is 6.42 Å². The van der Waals surface area contributed by atoms with Gasteiger partial charge in [0.15, 0.2) is 0 Å². The number of allylic oxidation sites excluding steroid dienone is 2. The first-order valence-corrected chi connectivity index (χ1v) is 9.46. The predicted octanol–water partition coefficient (Wildman–Crippen LogP) is 5.99. The van der Waals surface area contributed by atoms with Crippen molar-refractivity contribution in [2.24, 2.45) is 5.92 Å². The molecule has 3 heteroatoms. The average Bonchev–Trinajstić information content (AvgIpc) is 2.78. The van der Waals surface area contributed by atoms with Crippen molar-refractivity contribution in [2.75, 3.05) is 14.2 Å². The summed E-state index contributed by atoms with van der Waals surface area (Å²) in [6, 6.07) is 23.1. The van der Waals surface area contributed by atoms with E-state index in [1.165, 1.54) is 0 Å². The molecule has 29 heavy (non-hydrogen) atoms. The van der Waals surface area contributed by atoms with E-state index in [-0.39, 0.29) is 11.7 Å². The average molecular weight is 386 g/mol. The Balaban J connectivity index is 1.93. The maximum absolute atomic E-state index is 9.61. The molecule has 148 valence electrons. The molecule has 0 spiro atoms. The molecule has 1 N–H and O–H groups in total. The molecule has 0 saturated heterocycles. The summed E-state index contributed by atoms with van der Waals surface area (Å²) in [6.45, 7) is 8.80. The van der Waals surface area contributed by atoms with Gasteiger partial charge >= 0.3 is 0 Å². The van der Waals surface area contributed by atoms with Gasteiger partial charge in [0, 0.05) is 5.92 Å². The number of methoxy groups -OCH3 is 2. The van der Waals surface area contributed by atoms with Crippen LogP contribution in [0.5, 0.6) is 17.2 Å². The smallest absolute Gasteiger partial charge is 0.118 e. The summed E-state index contributed by atoms with van der Waals surface area (Å²) in [5.41, 5.74) is 5.17. The number of phenolic OH excluding ortho intramolecular Hbond substituents is 1. The lowest BCUT2D eigenvalue weighted by Crippen LogP contribution is -2.09. The van der Waals surface area contributed by atoms with Gasteiger partial charge in [0.1, 0.15) is 17.2 Å². The summed E-state index contributed by atoms with van der Waals surface area (Å²) < 4.78 is 10.5. The molecule has 3 aromatic rings. The van der Waals surface area contributed by atoms with Crippen LogP contribution in [0.25, 0.3) is 11.1 Å². The fraction of sp³-hybridized carbons (Fsp3) is 0.154. The Kier molecular flexibility index (Phi) is 6.40. The van der Waals surface area contributed by atoms with E-state index in [1.54, 1.807) is 26.4 Å². The maximum atomic E-state index is 9.61. The molecule has 0 atom stereocenters. The summed E-state index contributed by atoms with van der Waals surface area (Å²) in [6.07, 6.45) is 0.732. The third-order valence-corrected chi connectivity index (χ3v) is 5.14. The van der Waals surface area contributed by atoms with Gasteiger partial charge in [0.25, 0.3) is 0 Å². The van der Waals surface area contributed by atoms with Crippen molar-refractivity contribution in [3.63, 3.8) is 0 Å². The number of rotatable bonds is 8.